The Morgan fingerprint density at radius 1 is 1.20 bits per heavy atom. The van der Waals surface area contributed by atoms with E-state index in [-0.39, 0.29) is 23.0 Å². The number of carbonyl (C=O) groups excluding carboxylic acids is 1. The molecule has 150 valence electrons. The highest BCUT2D eigenvalue weighted by Gasteiger charge is 2.33. The fourth-order valence-electron chi connectivity index (χ4n) is 3.30. The van der Waals surface area contributed by atoms with Gasteiger partial charge in [0.05, 0.1) is 19.3 Å². The van der Waals surface area contributed by atoms with E-state index in [0.29, 0.717) is 17.1 Å². The first-order valence-corrected chi connectivity index (χ1v) is 9.61. The maximum absolute atomic E-state index is 12.2. The lowest BCUT2D eigenvalue weighted by atomic mass is 9.83. The summed E-state index contributed by atoms with van der Waals surface area (Å²) in [5.74, 6) is 0.142. The second-order valence-corrected chi connectivity index (χ2v) is 7.29. The third kappa shape index (κ3) is 3.51. The van der Waals surface area contributed by atoms with E-state index in [1.54, 1.807) is 37.4 Å². The molecule has 0 saturated heterocycles. The van der Waals surface area contributed by atoms with E-state index in [9.17, 15) is 10.1 Å². The number of allylic oxidation sites excluding steroid dienone is 1. The topological polar surface area (TPSA) is 108 Å². The van der Waals surface area contributed by atoms with Gasteiger partial charge < -0.3 is 24.4 Å². The molecule has 0 aliphatic carbocycles. The molecule has 2 aromatic carbocycles. The molecule has 2 N–H and O–H groups in total. The van der Waals surface area contributed by atoms with Crippen molar-refractivity contribution in [2.45, 2.75) is 5.92 Å². The zero-order valence-corrected chi connectivity index (χ0v) is 17.3. The van der Waals surface area contributed by atoms with Crippen LogP contribution in [-0.2, 0) is 0 Å². The van der Waals surface area contributed by atoms with Gasteiger partial charge in [-0.3, -0.25) is 0 Å². The average Bonchev–Trinajstić information content (AvgIpc) is 3.27. The Morgan fingerprint density at radius 3 is 2.73 bits per heavy atom. The quantitative estimate of drug-likeness (QED) is 0.445. The van der Waals surface area contributed by atoms with Crippen LogP contribution in [0.3, 0.4) is 0 Å². The molecule has 8 heteroatoms. The molecular formula is C22H15BrN2O5. The Kier molecular flexibility index (Phi) is 5.21. The lowest BCUT2D eigenvalue weighted by Gasteiger charge is -2.27. The number of ether oxygens (including phenoxy) is 3. The lowest BCUT2D eigenvalue weighted by molar-refractivity contribution is 0.0701. The summed E-state index contributed by atoms with van der Waals surface area (Å²) in [5, 5.41) is 9.73. The lowest BCUT2D eigenvalue weighted by Crippen LogP contribution is -2.21. The van der Waals surface area contributed by atoms with Gasteiger partial charge in [-0.25, -0.2) is 4.79 Å². The summed E-state index contributed by atoms with van der Waals surface area (Å²) in [6.45, 7) is 0. The number of methoxy groups -OCH3 is 1. The van der Waals surface area contributed by atoms with Crippen LogP contribution in [0.4, 0.5) is 0 Å². The Bertz CT molecular complexity index is 1190. The standard InChI is InChI=1S/C22H15BrN2O5/c1-27-17-7-4-12(23)9-15(17)20-14-6-5-13(29-22(26)18-3-2-8-28-18)10-19(14)30-21(25)16(20)11-24/h2-10,20H,25H2,1H3. The van der Waals surface area contributed by atoms with Crippen molar-refractivity contribution in [3.05, 3.63) is 87.6 Å². The van der Waals surface area contributed by atoms with Gasteiger partial charge in [0.1, 0.15) is 28.9 Å². The third-order valence-electron chi connectivity index (χ3n) is 4.63. The minimum absolute atomic E-state index is 0.0217. The number of benzene rings is 2. The molecule has 0 bridgehead atoms. The number of fused-ring (bicyclic) bond motifs is 1. The van der Waals surface area contributed by atoms with Crippen molar-refractivity contribution in [1.29, 1.82) is 5.26 Å². The summed E-state index contributed by atoms with van der Waals surface area (Å²) in [6, 6.07) is 15.7. The predicted octanol–water partition coefficient (Wildman–Crippen LogP) is 4.49. The summed E-state index contributed by atoms with van der Waals surface area (Å²) in [5.41, 5.74) is 7.75. The van der Waals surface area contributed by atoms with Crippen LogP contribution in [0.5, 0.6) is 17.2 Å². The number of nitrogens with two attached hydrogens (primary N) is 1. The van der Waals surface area contributed by atoms with Crippen LogP contribution in [-0.4, -0.2) is 13.1 Å². The first kappa shape index (κ1) is 19.6. The number of nitriles is 1. The van der Waals surface area contributed by atoms with E-state index in [1.807, 2.05) is 12.1 Å². The van der Waals surface area contributed by atoms with Crippen LogP contribution in [0.2, 0.25) is 0 Å². The van der Waals surface area contributed by atoms with Gasteiger partial charge in [-0.15, -0.1) is 0 Å². The van der Waals surface area contributed by atoms with Gasteiger partial charge in [0.15, 0.2) is 0 Å². The number of hydrogen-bond acceptors (Lipinski definition) is 7. The largest absolute Gasteiger partial charge is 0.496 e. The minimum atomic E-state index is -0.637. The molecule has 0 saturated carbocycles. The molecule has 4 rings (SSSR count). The summed E-state index contributed by atoms with van der Waals surface area (Å²) < 4.78 is 22.4. The van der Waals surface area contributed by atoms with Gasteiger partial charge in [-0.2, -0.15) is 5.26 Å². The fourth-order valence-corrected chi connectivity index (χ4v) is 3.68. The fraction of sp³-hybridized carbons (Fsp3) is 0.0909. The molecule has 0 amide bonds. The van der Waals surface area contributed by atoms with Crippen molar-refractivity contribution in [2.24, 2.45) is 5.73 Å². The van der Waals surface area contributed by atoms with Crippen LogP contribution in [0.15, 0.2) is 75.1 Å². The number of nitrogens with zero attached hydrogens (tertiary/aromatic N) is 1. The van der Waals surface area contributed by atoms with E-state index < -0.39 is 11.9 Å². The molecular weight excluding hydrogens is 452 g/mol. The van der Waals surface area contributed by atoms with Crippen LogP contribution >= 0.6 is 15.9 Å². The zero-order valence-electron chi connectivity index (χ0n) is 15.7. The highest BCUT2D eigenvalue weighted by Crippen LogP contribution is 2.46. The average molecular weight is 467 g/mol. The molecule has 0 fully saturated rings. The van der Waals surface area contributed by atoms with Crippen molar-refractivity contribution in [1.82, 2.24) is 0 Å². The number of rotatable bonds is 4. The molecule has 2 heterocycles. The zero-order chi connectivity index (χ0) is 21.3. The monoisotopic (exact) mass is 466 g/mol. The van der Waals surface area contributed by atoms with E-state index in [4.69, 9.17) is 24.4 Å². The first-order chi connectivity index (χ1) is 14.5. The summed E-state index contributed by atoms with van der Waals surface area (Å²) in [7, 11) is 1.56. The SMILES string of the molecule is COc1ccc(Br)cc1C1C(C#N)=C(N)Oc2cc(OC(=O)c3ccco3)ccc21. The number of halogens is 1. The van der Waals surface area contributed by atoms with Gasteiger partial charge in [-0.05, 0) is 36.4 Å². The molecule has 1 aliphatic rings. The highest BCUT2D eigenvalue weighted by molar-refractivity contribution is 9.10. The molecule has 1 aliphatic heterocycles. The van der Waals surface area contributed by atoms with Crippen LogP contribution in [0.25, 0.3) is 0 Å². The molecule has 0 radical (unpaired) electrons. The Labute approximate surface area is 180 Å². The molecule has 1 unspecified atom stereocenters. The third-order valence-corrected chi connectivity index (χ3v) is 5.12. The minimum Gasteiger partial charge on any atom is -0.496 e. The summed E-state index contributed by atoms with van der Waals surface area (Å²) in [6.07, 6.45) is 1.39. The van der Waals surface area contributed by atoms with Gasteiger partial charge in [0.25, 0.3) is 0 Å². The number of hydrogen-bond donors (Lipinski definition) is 1. The first-order valence-electron chi connectivity index (χ1n) is 8.82. The second kappa shape index (κ2) is 7.97. The van der Waals surface area contributed by atoms with Gasteiger partial charge >= 0.3 is 5.97 Å². The van der Waals surface area contributed by atoms with Crippen LogP contribution in [0, 0.1) is 11.3 Å². The molecule has 1 aromatic heterocycles. The van der Waals surface area contributed by atoms with Crippen molar-refractivity contribution >= 4 is 21.9 Å². The van der Waals surface area contributed by atoms with E-state index in [2.05, 4.69) is 22.0 Å². The van der Waals surface area contributed by atoms with Crippen molar-refractivity contribution in [2.75, 3.05) is 7.11 Å². The highest BCUT2D eigenvalue weighted by atomic mass is 79.9. The maximum atomic E-state index is 12.2. The summed E-state index contributed by atoms with van der Waals surface area (Å²) in [4.78, 5) is 12.2. The van der Waals surface area contributed by atoms with E-state index in [0.717, 1.165) is 10.0 Å². The number of carbonyl (C=O) groups is 1. The Morgan fingerprint density at radius 2 is 2.03 bits per heavy atom. The molecule has 3 aromatic rings. The molecule has 0 spiro atoms. The number of furan rings is 1. The molecule has 30 heavy (non-hydrogen) atoms. The number of esters is 1. The van der Waals surface area contributed by atoms with Crippen LogP contribution < -0.4 is 19.9 Å². The molecule has 7 nitrogen and oxygen atoms in total. The van der Waals surface area contributed by atoms with Crippen LogP contribution in [0.1, 0.15) is 27.6 Å². The van der Waals surface area contributed by atoms with E-state index >= 15 is 0 Å². The van der Waals surface area contributed by atoms with Crippen molar-refractivity contribution < 1.29 is 23.4 Å². The van der Waals surface area contributed by atoms with E-state index in [1.165, 1.54) is 12.3 Å². The summed E-state index contributed by atoms with van der Waals surface area (Å²) >= 11 is 3.46. The van der Waals surface area contributed by atoms with Gasteiger partial charge in [0, 0.05) is 21.7 Å². The van der Waals surface area contributed by atoms with Gasteiger partial charge in [0.2, 0.25) is 11.6 Å². The second-order valence-electron chi connectivity index (χ2n) is 6.38. The molecule has 1 atom stereocenters. The Balaban J connectivity index is 1.77. The normalized spacial score (nSPS) is 15.0. The Hall–Kier alpha value is -3.70. The smallest absolute Gasteiger partial charge is 0.379 e. The van der Waals surface area contributed by atoms with Crippen molar-refractivity contribution in [3.8, 4) is 23.3 Å². The van der Waals surface area contributed by atoms with Crippen molar-refractivity contribution in [3.63, 3.8) is 0 Å². The van der Waals surface area contributed by atoms with Gasteiger partial charge in [-0.1, -0.05) is 22.0 Å². The predicted molar refractivity (Wildman–Crippen MR) is 110 cm³/mol. The maximum Gasteiger partial charge on any atom is 0.379 e.